The molecule has 0 unspecified atom stereocenters. The fourth-order valence-electron chi connectivity index (χ4n) is 0.866. The maximum Gasteiger partial charge on any atom is 0.102 e. The first-order chi connectivity index (χ1) is 5.61. The van der Waals surface area contributed by atoms with E-state index in [1.54, 1.807) is 13.1 Å². The highest BCUT2D eigenvalue weighted by Crippen LogP contribution is 2.16. The molecule has 0 atom stereocenters. The third-order valence-electron chi connectivity index (χ3n) is 1.81. The lowest BCUT2D eigenvalue weighted by Gasteiger charge is -2.00. The average molecular weight is 165 g/mol. The third kappa shape index (κ3) is 1.91. The highest BCUT2D eigenvalue weighted by atomic mass is 19.1. The molecule has 12 heavy (non-hydrogen) atoms. The van der Waals surface area contributed by atoms with Crippen molar-refractivity contribution in [3.63, 3.8) is 0 Å². The van der Waals surface area contributed by atoms with Crippen LogP contribution in [-0.4, -0.2) is 4.98 Å². The van der Waals surface area contributed by atoms with Gasteiger partial charge in [0.15, 0.2) is 0 Å². The molecule has 64 valence electrons. The number of rotatable bonds is 1. The van der Waals surface area contributed by atoms with Crippen LogP contribution in [-0.2, 0) is 0 Å². The summed E-state index contributed by atoms with van der Waals surface area (Å²) in [6.07, 6.45) is 1.74. The van der Waals surface area contributed by atoms with Crippen molar-refractivity contribution < 1.29 is 4.39 Å². The van der Waals surface area contributed by atoms with E-state index in [1.165, 1.54) is 6.92 Å². The van der Waals surface area contributed by atoms with E-state index in [0.29, 0.717) is 11.3 Å². The van der Waals surface area contributed by atoms with Crippen LogP contribution in [0.15, 0.2) is 24.2 Å². The topological polar surface area (TPSA) is 12.9 Å². The van der Waals surface area contributed by atoms with E-state index in [-0.39, 0.29) is 5.83 Å². The molecule has 0 aromatic carbocycles. The summed E-state index contributed by atoms with van der Waals surface area (Å²) in [5.41, 5.74) is 2.40. The summed E-state index contributed by atoms with van der Waals surface area (Å²) in [5, 5.41) is 0. The maximum absolute atomic E-state index is 12.7. The number of aryl methyl sites for hydroxylation is 1. The van der Waals surface area contributed by atoms with Crippen LogP contribution in [0.5, 0.6) is 0 Å². The standard InChI is InChI=1S/C10H12FN/c1-7-4-5-10(12-6-7)8(2)9(3)11/h4-6H,1-3H3/b9-8-. The van der Waals surface area contributed by atoms with E-state index in [1.807, 2.05) is 19.1 Å². The van der Waals surface area contributed by atoms with Crippen molar-refractivity contribution in [2.75, 3.05) is 0 Å². The molecule has 0 aliphatic heterocycles. The lowest BCUT2D eigenvalue weighted by molar-refractivity contribution is 0.642. The van der Waals surface area contributed by atoms with Crippen molar-refractivity contribution in [2.24, 2.45) is 0 Å². The molecular formula is C10H12FN. The van der Waals surface area contributed by atoms with Gasteiger partial charge in [-0.2, -0.15) is 0 Å². The molecule has 0 N–H and O–H groups in total. The van der Waals surface area contributed by atoms with Crippen molar-refractivity contribution in [2.45, 2.75) is 20.8 Å². The summed E-state index contributed by atoms with van der Waals surface area (Å²) in [6.45, 7) is 5.13. The Kier molecular flexibility index (Phi) is 2.58. The molecule has 1 rings (SSSR count). The second-order valence-electron chi connectivity index (χ2n) is 2.88. The number of hydrogen-bond acceptors (Lipinski definition) is 1. The van der Waals surface area contributed by atoms with Crippen molar-refractivity contribution >= 4 is 5.57 Å². The van der Waals surface area contributed by atoms with Crippen LogP contribution in [0.3, 0.4) is 0 Å². The Morgan fingerprint density at radius 2 is 2.00 bits per heavy atom. The van der Waals surface area contributed by atoms with Gasteiger partial charge in [0.2, 0.25) is 0 Å². The van der Waals surface area contributed by atoms with Gasteiger partial charge < -0.3 is 0 Å². The van der Waals surface area contributed by atoms with Crippen LogP contribution in [0, 0.1) is 6.92 Å². The number of aromatic nitrogens is 1. The van der Waals surface area contributed by atoms with Gasteiger partial charge in [0, 0.05) is 11.8 Å². The molecule has 0 saturated carbocycles. The molecule has 0 radical (unpaired) electrons. The van der Waals surface area contributed by atoms with Gasteiger partial charge in [0.1, 0.15) is 5.83 Å². The van der Waals surface area contributed by atoms with Crippen LogP contribution in [0.1, 0.15) is 25.1 Å². The normalized spacial score (nSPS) is 12.7. The zero-order chi connectivity index (χ0) is 9.14. The number of halogens is 1. The Hall–Kier alpha value is -1.18. The summed E-state index contributed by atoms with van der Waals surface area (Å²) in [5.74, 6) is -0.175. The number of nitrogens with zero attached hydrogens (tertiary/aromatic N) is 1. The Morgan fingerprint density at radius 1 is 1.33 bits per heavy atom. The predicted molar refractivity (Wildman–Crippen MR) is 48.4 cm³/mol. The van der Waals surface area contributed by atoms with Gasteiger partial charge in [0.05, 0.1) is 5.69 Å². The largest absolute Gasteiger partial charge is 0.256 e. The first-order valence-electron chi connectivity index (χ1n) is 3.87. The number of pyridine rings is 1. The predicted octanol–water partition coefficient (Wildman–Crippen LogP) is 3.11. The van der Waals surface area contributed by atoms with Crippen LogP contribution in [0.4, 0.5) is 4.39 Å². The smallest absolute Gasteiger partial charge is 0.102 e. The van der Waals surface area contributed by atoms with Crippen LogP contribution >= 0.6 is 0 Å². The van der Waals surface area contributed by atoms with E-state index < -0.39 is 0 Å². The highest BCUT2D eigenvalue weighted by molar-refractivity contribution is 5.61. The van der Waals surface area contributed by atoms with Crippen LogP contribution in [0.25, 0.3) is 5.57 Å². The van der Waals surface area contributed by atoms with Crippen LogP contribution < -0.4 is 0 Å². The van der Waals surface area contributed by atoms with Crippen molar-refractivity contribution in [3.8, 4) is 0 Å². The van der Waals surface area contributed by atoms with E-state index in [0.717, 1.165) is 5.56 Å². The monoisotopic (exact) mass is 165 g/mol. The molecule has 2 heteroatoms. The Balaban J connectivity index is 3.06. The molecular weight excluding hydrogens is 153 g/mol. The zero-order valence-corrected chi connectivity index (χ0v) is 7.56. The second kappa shape index (κ2) is 3.48. The average Bonchev–Trinajstić information content (AvgIpc) is 2.04. The lowest BCUT2D eigenvalue weighted by atomic mass is 10.1. The number of hydrogen-bond donors (Lipinski definition) is 0. The molecule has 1 heterocycles. The maximum atomic E-state index is 12.7. The van der Waals surface area contributed by atoms with Gasteiger partial charge in [-0.3, -0.25) is 4.98 Å². The quantitative estimate of drug-likeness (QED) is 0.623. The molecule has 1 aromatic rings. The zero-order valence-electron chi connectivity index (χ0n) is 7.56. The minimum absolute atomic E-state index is 0.175. The van der Waals surface area contributed by atoms with Gasteiger partial charge in [0.25, 0.3) is 0 Å². The first-order valence-corrected chi connectivity index (χ1v) is 3.87. The molecule has 0 bridgehead atoms. The van der Waals surface area contributed by atoms with E-state index in [4.69, 9.17) is 0 Å². The Labute approximate surface area is 72.0 Å². The van der Waals surface area contributed by atoms with Gasteiger partial charge in [-0.25, -0.2) is 4.39 Å². The van der Waals surface area contributed by atoms with Gasteiger partial charge in [-0.15, -0.1) is 0 Å². The minimum atomic E-state index is -0.175. The Bertz CT molecular complexity index is 294. The van der Waals surface area contributed by atoms with Crippen molar-refractivity contribution in [1.82, 2.24) is 4.98 Å². The number of allylic oxidation sites excluding steroid dienone is 2. The summed E-state index contributed by atoms with van der Waals surface area (Å²) in [4.78, 5) is 4.10. The van der Waals surface area contributed by atoms with E-state index >= 15 is 0 Å². The molecule has 0 aliphatic rings. The van der Waals surface area contributed by atoms with Crippen LogP contribution in [0.2, 0.25) is 0 Å². The van der Waals surface area contributed by atoms with Crippen molar-refractivity contribution in [1.29, 1.82) is 0 Å². The molecule has 0 amide bonds. The summed E-state index contributed by atoms with van der Waals surface area (Å²) >= 11 is 0. The molecule has 0 aliphatic carbocycles. The SMILES string of the molecule is C/C(F)=C(\C)c1ccc(C)cn1. The fraction of sp³-hybridized carbons (Fsp3) is 0.300. The first kappa shape index (κ1) is 8.91. The summed E-state index contributed by atoms with van der Waals surface area (Å²) in [7, 11) is 0. The van der Waals surface area contributed by atoms with Gasteiger partial charge in [-0.05, 0) is 32.4 Å². The molecule has 0 fully saturated rings. The third-order valence-corrected chi connectivity index (χ3v) is 1.81. The van der Waals surface area contributed by atoms with E-state index in [9.17, 15) is 4.39 Å². The minimum Gasteiger partial charge on any atom is -0.256 e. The second-order valence-corrected chi connectivity index (χ2v) is 2.88. The highest BCUT2D eigenvalue weighted by Gasteiger charge is 1.99. The molecule has 1 aromatic heterocycles. The summed E-state index contributed by atoms with van der Waals surface area (Å²) in [6, 6.07) is 3.75. The van der Waals surface area contributed by atoms with Crippen molar-refractivity contribution in [3.05, 3.63) is 35.4 Å². The van der Waals surface area contributed by atoms with Gasteiger partial charge in [-0.1, -0.05) is 6.07 Å². The Morgan fingerprint density at radius 3 is 2.42 bits per heavy atom. The lowest BCUT2D eigenvalue weighted by Crippen LogP contribution is -1.87. The molecule has 0 saturated heterocycles. The van der Waals surface area contributed by atoms with Gasteiger partial charge >= 0.3 is 0 Å². The summed E-state index contributed by atoms with van der Waals surface area (Å²) < 4.78 is 12.7. The molecule has 1 nitrogen and oxygen atoms in total. The fourth-order valence-corrected chi connectivity index (χ4v) is 0.866. The van der Waals surface area contributed by atoms with E-state index in [2.05, 4.69) is 4.98 Å². The molecule has 0 spiro atoms.